The monoisotopic (exact) mass is 305 g/mol. The van der Waals surface area contributed by atoms with Crippen molar-refractivity contribution in [3.8, 4) is 11.5 Å². The fourth-order valence-corrected chi connectivity index (χ4v) is 2.60. The Kier molecular flexibility index (Phi) is 4.04. The van der Waals surface area contributed by atoms with Gasteiger partial charge in [-0.25, -0.2) is 4.79 Å². The molecule has 0 aromatic heterocycles. The number of carbonyl (C=O) groups excluding carboxylic acids is 2. The van der Waals surface area contributed by atoms with Gasteiger partial charge >= 0.3 is 6.03 Å². The summed E-state index contributed by atoms with van der Waals surface area (Å²) in [5.41, 5.74) is 0. The van der Waals surface area contributed by atoms with Crippen molar-refractivity contribution in [3.05, 3.63) is 24.3 Å². The Balaban J connectivity index is 1.61. The highest BCUT2D eigenvalue weighted by Gasteiger charge is 2.32. The second kappa shape index (κ2) is 6.13. The Hall–Kier alpha value is -2.44. The maximum absolute atomic E-state index is 12.4. The van der Waals surface area contributed by atoms with E-state index in [1.54, 1.807) is 4.90 Å². The second-order valence-corrected chi connectivity index (χ2v) is 5.28. The number of carbonyl (C=O) groups is 2. The first-order chi connectivity index (χ1) is 10.7. The molecule has 7 heteroatoms. The van der Waals surface area contributed by atoms with Crippen molar-refractivity contribution in [2.24, 2.45) is 0 Å². The van der Waals surface area contributed by atoms with Crippen molar-refractivity contribution < 1.29 is 19.1 Å². The van der Waals surface area contributed by atoms with Crippen LogP contribution in [-0.2, 0) is 4.79 Å². The van der Waals surface area contributed by atoms with Crippen LogP contribution in [0.4, 0.5) is 4.79 Å². The van der Waals surface area contributed by atoms with Gasteiger partial charge < -0.3 is 25.0 Å². The number of urea groups is 1. The summed E-state index contributed by atoms with van der Waals surface area (Å²) >= 11 is 0. The lowest BCUT2D eigenvalue weighted by Gasteiger charge is -2.31. The fraction of sp³-hybridized carbons (Fsp3) is 0.467. The molecule has 118 valence electrons. The van der Waals surface area contributed by atoms with Crippen molar-refractivity contribution in [2.45, 2.75) is 19.1 Å². The van der Waals surface area contributed by atoms with E-state index in [4.69, 9.17) is 9.47 Å². The normalized spacial score (nSPS) is 22.7. The van der Waals surface area contributed by atoms with Gasteiger partial charge in [-0.05, 0) is 19.1 Å². The molecule has 3 amide bonds. The van der Waals surface area contributed by atoms with Crippen LogP contribution in [-0.4, -0.2) is 55.2 Å². The van der Waals surface area contributed by atoms with Crippen LogP contribution in [0.15, 0.2) is 24.3 Å². The molecule has 0 spiro atoms. The molecule has 1 saturated heterocycles. The zero-order valence-corrected chi connectivity index (χ0v) is 12.4. The molecule has 2 N–H and O–H groups in total. The highest BCUT2D eigenvalue weighted by molar-refractivity contribution is 5.90. The minimum Gasteiger partial charge on any atom is -0.486 e. The van der Waals surface area contributed by atoms with Crippen LogP contribution in [0.1, 0.15) is 6.92 Å². The van der Waals surface area contributed by atoms with Crippen LogP contribution in [0.3, 0.4) is 0 Å². The van der Waals surface area contributed by atoms with Gasteiger partial charge in [0.05, 0.1) is 6.54 Å². The van der Waals surface area contributed by atoms with Crippen LogP contribution >= 0.6 is 0 Å². The molecule has 22 heavy (non-hydrogen) atoms. The molecule has 0 radical (unpaired) electrons. The van der Waals surface area contributed by atoms with Gasteiger partial charge in [0.1, 0.15) is 12.6 Å². The van der Waals surface area contributed by atoms with Gasteiger partial charge in [-0.15, -0.1) is 0 Å². The predicted octanol–water partition coefficient (Wildman–Crippen LogP) is 0.356. The summed E-state index contributed by atoms with van der Waals surface area (Å²) in [6.07, 6.45) is -0.219. The summed E-state index contributed by atoms with van der Waals surface area (Å²) in [7, 11) is 0. The number of benzene rings is 1. The molecule has 3 rings (SSSR count). The van der Waals surface area contributed by atoms with E-state index in [1.807, 2.05) is 31.2 Å². The lowest BCUT2D eigenvalue weighted by molar-refractivity contribution is -0.134. The molecular formula is C15H19N3O4. The highest BCUT2D eigenvalue weighted by atomic mass is 16.6. The number of fused-ring (bicyclic) bond motifs is 1. The number of likely N-dealkylation sites (N-methyl/N-ethyl adjacent to an activating group) is 1. The zero-order chi connectivity index (χ0) is 15.5. The minimum absolute atomic E-state index is 0.108. The zero-order valence-electron chi connectivity index (χ0n) is 12.4. The van der Waals surface area contributed by atoms with Crippen LogP contribution in [0.5, 0.6) is 11.5 Å². The first kappa shape index (κ1) is 14.5. The molecule has 1 aromatic carbocycles. The van der Waals surface area contributed by atoms with Gasteiger partial charge in [0.15, 0.2) is 17.6 Å². The van der Waals surface area contributed by atoms with Crippen molar-refractivity contribution in [2.75, 3.05) is 26.2 Å². The van der Waals surface area contributed by atoms with Gasteiger partial charge in [-0.2, -0.15) is 0 Å². The standard InChI is InChI=1S/C15H19N3O4/c1-2-18(14(19)11-7-16-15(20)17-11)8-10-9-21-12-5-3-4-6-13(12)22-10/h3-6,10-11H,2,7-9H2,1H3,(H2,16,17,20)/t10-,11+/m1/s1. The number of rotatable bonds is 4. The van der Waals surface area contributed by atoms with Crippen molar-refractivity contribution in [3.63, 3.8) is 0 Å². The number of nitrogens with one attached hydrogen (secondary N) is 2. The fourth-order valence-electron chi connectivity index (χ4n) is 2.60. The largest absolute Gasteiger partial charge is 0.486 e. The summed E-state index contributed by atoms with van der Waals surface area (Å²) in [5, 5.41) is 5.20. The first-order valence-electron chi connectivity index (χ1n) is 7.39. The van der Waals surface area contributed by atoms with E-state index in [0.29, 0.717) is 32.0 Å². The van der Waals surface area contributed by atoms with Crippen LogP contribution in [0, 0.1) is 0 Å². The molecule has 0 aliphatic carbocycles. The van der Waals surface area contributed by atoms with E-state index < -0.39 is 6.04 Å². The molecule has 7 nitrogen and oxygen atoms in total. The minimum atomic E-state index is -0.510. The molecule has 0 saturated carbocycles. The first-order valence-corrected chi connectivity index (χ1v) is 7.39. The number of amides is 3. The average molecular weight is 305 g/mol. The number of hydrogen-bond donors (Lipinski definition) is 2. The van der Waals surface area contributed by atoms with E-state index in [0.717, 1.165) is 5.75 Å². The van der Waals surface area contributed by atoms with E-state index in [-0.39, 0.29) is 18.0 Å². The van der Waals surface area contributed by atoms with E-state index >= 15 is 0 Å². The quantitative estimate of drug-likeness (QED) is 0.841. The lowest BCUT2D eigenvalue weighted by atomic mass is 10.2. The van der Waals surface area contributed by atoms with Gasteiger partial charge in [0, 0.05) is 13.1 Å². The molecule has 1 fully saturated rings. The Morgan fingerprint density at radius 3 is 2.82 bits per heavy atom. The third-order valence-corrected chi connectivity index (χ3v) is 3.76. The Morgan fingerprint density at radius 1 is 1.36 bits per heavy atom. The summed E-state index contributed by atoms with van der Waals surface area (Å²) in [5.74, 6) is 1.31. The van der Waals surface area contributed by atoms with Crippen molar-refractivity contribution in [1.29, 1.82) is 0 Å². The molecule has 2 aliphatic heterocycles. The SMILES string of the molecule is CCN(C[C@@H]1COc2ccccc2O1)C(=O)[C@@H]1CNC(=O)N1. The third kappa shape index (κ3) is 2.93. The van der Waals surface area contributed by atoms with Crippen LogP contribution < -0.4 is 20.1 Å². The van der Waals surface area contributed by atoms with E-state index in [2.05, 4.69) is 10.6 Å². The van der Waals surface area contributed by atoms with Crippen LogP contribution in [0.25, 0.3) is 0 Å². The van der Waals surface area contributed by atoms with Gasteiger partial charge in [0.2, 0.25) is 5.91 Å². The summed E-state index contributed by atoms with van der Waals surface area (Å²) < 4.78 is 11.5. The topological polar surface area (TPSA) is 79.9 Å². The van der Waals surface area contributed by atoms with Gasteiger partial charge in [-0.3, -0.25) is 4.79 Å². The molecule has 2 aliphatic rings. The van der Waals surface area contributed by atoms with E-state index in [1.165, 1.54) is 0 Å². The van der Waals surface area contributed by atoms with Crippen molar-refractivity contribution >= 4 is 11.9 Å². The number of ether oxygens (including phenoxy) is 2. The Morgan fingerprint density at radius 2 is 2.14 bits per heavy atom. The van der Waals surface area contributed by atoms with Gasteiger partial charge in [0.25, 0.3) is 0 Å². The average Bonchev–Trinajstić information content (AvgIpc) is 2.98. The number of nitrogens with zero attached hydrogens (tertiary/aromatic N) is 1. The lowest BCUT2D eigenvalue weighted by Crippen LogP contribution is -2.50. The smallest absolute Gasteiger partial charge is 0.315 e. The number of hydrogen-bond acceptors (Lipinski definition) is 4. The number of para-hydroxylation sites is 2. The van der Waals surface area contributed by atoms with Gasteiger partial charge in [-0.1, -0.05) is 12.1 Å². The molecule has 2 atom stereocenters. The Labute approximate surface area is 128 Å². The highest BCUT2D eigenvalue weighted by Crippen LogP contribution is 2.31. The maximum atomic E-state index is 12.4. The molecular weight excluding hydrogens is 286 g/mol. The third-order valence-electron chi connectivity index (χ3n) is 3.76. The molecule has 1 aromatic rings. The maximum Gasteiger partial charge on any atom is 0.315 e. The van der Waals surface area contributed by atoms with E-state index in [9.17, 15) is 9.59 Å². The molecule has 2 heterocycles. The summed E-state index contributed by atoms with van der Waals surface area (Å²) in [6.45, 7) is 3.59. The van der Waals surface area contributed by atoms with Crippen LogP contribution in [0.2, 0.25) is 0 Å². The van der Waals surface area contributed by atoms with Crippen molar-refractivity contribution in [1.82, 2.24) is 15.5 Å². The molecule has 0 unspecified atom stereocenters. The summed E-state index contributed by atoms with van der Waals surface area (Å²) in [6, 6.07) is 6.66. The summed E-state index contributed by atoms with van der Waals surface area (Å²) in [4.78, 5) is 25.3. The Bertz CT molecular complexity index is 578. The molecule has 0 bridgehead atoms. The predicted molar refractivity (Wildman–Crippen MR) is 78.9 cm³/mol. The second-order valence-electron chi connectivity index (χ2n) is 5.28.